The summed E-state index contributed by atoms with van der Waals surface area (Å²) in [5.41, 5.74) is 12.8. The molecule has 320 valence electrons. The van der Waals surface area contributed by atoms with E-state index in [1.165, 1.54) is 22.3 Å². The van der Waals surface area contributed by atoms with Crippen molar-refractivity contribution in [2.75, 3.05) is 0 Å². The van der Waals surface area contributed by atoms with Crippen molar-refractivity contribution in [2.45, 2.75) is 0 Å². The van der Waals surface area contributed by atoms with E-state index in [1.807, 2.05) is 115 Å². The first-order valence-corrected chi connectivity index (χ1v) is 22.1. The van der Waals surface area contributed by atoms with Gasteiger partial charge in [0.15, 0.2) is 11.6 Å². The lowest BCUT2D eigenvalue weighted by Crippen LogP contribution is -2.29. The molecule has 0 saturated carbocycles. The summed E-state index contributed by atoms with van der Waals surface area (Å²) in [5.74, 6) is 1.34. The molecule has 10 aromatic rings. The van der Waals surface area contributed by atoms with Crippen molar-refractivity contribution < 1.29 is 10.0 Å². The van der Waals surface area contributed by atoms with Crippen LogP contribution < -0.4 is 5.46 Å². The van der Waals surface area contributed by atoms with E-state index in [2.05, 4.69) is 94.9 Å². The molecule has 0 saturated heterocycles. The van der Waals surface area contributed by atoms with Gasteiger partial charge in [-0.15, -0.1) is 0 Å². The summed E-state index contributed by atoms with van der Waals surface area (Å²) >= 11 is 17.9. The monoisotopic (exact) mass is 916 g/mol. The van der Waals surface area contributed by atoms with Crippen LogP contribution in [0.15, 0.2) is 231 Å². The van der Waals surface area contributed by atoms with Gasteiger partial charge in [0, 0.05) is 43.9 Å². The molecule has 0 radical (unpaired) electrons. The topological polar surface area (TPSA) is 92.0 Å². The van der Waals surface area contributed by atoms with Crippen molar-refractivity contribution in [3.8, 4) is 78.8 Å². The van der Waals surface area contributed by atoms with Crippen molar-refractivity contribution in [1.29, 1.82) is 0 Å². The predicted molar refractivity (Wildman–Crippen MR) is 273 cm³/mol. The SMILES string of the molecule is Clc1cc(-c2ccc(-c3ccccc3)cc2)nc(-c2ccccc2)n1.Clc1ccc(-c2cc(-c3ccc(-c4ccccc4)cc3)nc(-c3ccccc3)n2)cc1.OB(O)c1ccc(Cl)cc1. The molecule has 66 heavy (non-hydrogen) atoms. The first kappa shape index (κ1) is 45.3. The van der Waals surface area contributed by atoms with Crippen LogP contribution in [0.2, 0.25) is 15.2 Å². The molecule has 8 aromatic carbocycles. The highest BCUT2D eigenvalue weighted by Crippen LogP contribution is 2.31. The Hall–Kier alpha value is -7.23. The molecule has 0 aliphatic rings. The molecule has 2 N–H and O–H groups in total. The van der Waals surface area contributed by atoms with Crippen molar-refractivity contribution in [1.82, 2.24) is 19.9 Å². The van der Waals surface area contributed by atoms with Crippen LogP contribution in [0.25, 0.3) is 78.8 Å². The second kappa shape index (κ2) is 22.1. The fourth-order valence-electron chi connectivity index (χ4n) is 6.92. The van der Waals surface area contributed by atoms with E-state index in [1.54, 1.807) is 30.3 Å². The molecule has 6 nitrogen and oxygen atoms in total. The molecule has 0 aliphatic heterocycles. The van der Waals surface area contributed by atoms with Gasteiger partial charge in [0.1, 0.15) is 5.15 Å². The van der Waals surface area contributed by atoms with Crippen LogP contribution in [0, 0.1) is 0 Å². The van der Waals surface area contributed by atoms with Crippen molar-refractivity contribution in [3.05, 3.63) is 246 Å². The van der Waals surface area contributed by atoms with Gasteiger partial charge in [0.05, 0.1) is 17.1 Å². The number of rotatable bonds is 8. The Bertz CT molecular complexity index is 3100. The summed E-state index contributed by atoms with van der Waals surface area (Å²) in [4.78, 5) is 18.8. The summed E-state index contributed by atoms with van der Waals surface area (Å²) in [6.07, 6.45) is 0. The summed E-state index contributed by atoms with van der Waals surface area (Å²) in [7, 11) is -1.41. The van der Waals surface area contributed by atoms with Gasteiger partial charge in [-0.25, -0.2) is 19.9 Å². The van der Waals surface area contributed by atoms with Gasteiger partial charge in [-0.2, -0.15) is 0 Å². The molecule has 0 aliphatic carbocycles. The van der Waals surface area contributed by atoms with E-state index in [4.69, 9.17) is 54.8 Å². The van der Waals surface area contributed by atoms with Crippen LogP contribution >= 0.6 is 34.8 Å². The lowest BCUT2D eigenvalue weighted by molar-refractivity contribution is 0.426. The summed E-state index contributed by atoms with van der Waals surface area (Å²) in [6.45, 7) is 0. The summed E-state index contributed by atoms with van der Waals surface area (Å²) in [5, 5.41) is 19.0. The largest absolute Gasteiger partial charge is 0.488 e. The third kappa shape index (κ3) is 12.1. The fraction of sp³-hybridized carbons (Fsp3) is 0. The fourth-order valence-corrected chi connectivity index (χ4v) is 7.36. The molecular weight excluding hydrogens is 878 g/mol. The minimum atomic E-state index is -1.41. The molecule has 0 unspecified atom stereocenters. The Morgan fingerprint density at radius 3 is 0.955 bits per heavy atom. The van der Waals surface area contributed by atoms with Crippen LogP contribution in [0.3, 0.4) is 0 Å². The lowest BCUT2D eigenvalue weighted by Gasteiger charge is -2.10. The minimum Gasteiger partial charge on any atom is -0.423 e. The second-order valence-electron chi connectivity index (χ2n) is 14.9. The Morgan fingerprint density at radius 1 is 0.288 bits per heavy atom. The standard InChI is InChI=1S/C28H19ClN2.C22H15ClN2.C6H6BClO2/c29-25-17-15-23(16-18-25)27-19-26(30-28(31-27)24-9-5-2-6-10-24)22-13-11-21(12-14-22)20-7-3-1-4-8-20;23-21-15-20(24-22(25-21)19-9-5-2-6-10-19)18-13-11-17(12-14-18)16-7-3-1-4-8-16;8-6-3-1-5(2-4-6)7(9)10/h1-19H;1-15H;1-4,9-10H. The number of halogens is 3. The van der Waals surface area contributed by atoms with Gasteiger partial charge >= 0.3 is 7.12 Å². The van der Waals surface area contributed by atoms with E-state index in [0.717, 1.165) is 44.9 Å². The quantitative estimate of drug-likeness (QED) is 0.117. The van der Waals surface area contributed by atoms with Crippen molar-refractivity contribution in [3.63, 3.8) is 0 Å². The zero-order chi connectivity index (χ0) is 45.7. The van der Waals surface area contributed by atoms with E-state index >= 15 is 0 Å². The smallest absolute Gasteiger partial charge is 0.423 e. The highest BCUT2D eigenvalue weighted by molar-refractivity contribution is 6.58. The Kier molecular flexibility index (Phi) is 15.2. The van der Waals surface area contributed by atoms with Gasteiger partial charge in [0.2, 0.25) is 0 Å². The van der Waals surface area contributed by atoms with Crippen molar-refractivity contribution >= 4 is 47.4 Å². The number of hydrogen-bond donors (Lipinski definition) is 2. The van der Waals surface area contributed by atoms with E-state index in [-0.39, 0.29) is 0 Å². The van der Waals surface area contributed by atoms with E-state index in [9.17, 15) is 0 Å². The Balaban J connectivity index is 0.000000151. The maximum atomic E-state index is 8.63. The predicted octanol–water partition coefficient (Wildman–Crippen LogP) is 13.9. The van der Waals surface area contributed by atoms with Crippen LogP contribution in [-0.2, 0) is 0 Å². The maximum absolute atomic E-state index is 8.63. The van der Waals surface area contributed by atoms with Crippen LogP contribution in [0.1, 0.15) is 0 Å². The van der Waals surface area contributed by atoms with E-state index in [0.29, 0.717) is 32.3 Å². The number of hydrogen-bond acceptors (Lipinski definition) is 6. The van der Waals surface area contributed by atoms with Gasteiger partial charge in [-0.1, -0.05) is 229 Å². The van der Waals surface area contributed by atoms with Crippen LogP contribution in [-0.4, -0.2) is 37.1 Å². The number of benzene rings is 8. The average Bonchev–Trinajstić information content (AvgIpc) is 3.38. The van der Waals surface area contributed by atoms with Crippen LogP contribution in [0.4, 0.5) is 0 Å². The lowest BCUT2D eigenvalue weighted by atomic mass is 9.81. The number of nitrogens with zero attached hydrogens (tertiary/aromatic N) is 4. The normalized spacial score (nSPS) is 10.5. The zero-order valence-corrected chi connectivity index (χ0v) is 37.6. The summed E-state index contributed by atoms with van der Waals surface area (Å²) in [6, 6.07) is 75.4. The molecule has 0 fully saturated rings. The molecule has 0 spiro atoms. The molecule has 0 amide bonds. The van der Waals surface area contributed by atoms with Gasteiger partial charge in [0.25, 0.3) is 0 Å². The third-order valence-electron chi connectivity index (χ3n) is 10.4. The van der Waals surface area contributed by atoms with Crippen molar-refractivity contribution in [2.24, 2.45) is 0 Å². The molecular formula is C56H40BCl3N4O2. The second-order valence-corrected chi connectivity index (χ2v) is 16.2. The average molecular weight is 918 g/mol. The zero-order valence-electron chi connectivity index (χ0n) is 35.3. The Morgan fingerprint density at radius 2 is 0.576 bits per heavy atom. The minimum absolute atomic E-state index is 0.441. The van der Waals surface area contributed by atoms with Crippen LogP contribution in [0.5, 0.6) is 0 Å². The highest BCUT2D eigenvalue weighted by atomic mass is 35.5. The molecule has 0 atom stereocenters. The Labute approximate surface area is 399 Å². The molecule has 2 aromatic heterocycles. The number of aromatic nitrogens is 4. The molecule has 10 rings (SSSR count). The van der Waals surface area contributed by atoms with Gasteiger partial charge in [-0.3, -0.25) is 0 Å². The van der Waals surface area contributed by atoms with Gasteiger partial charge in [-0.05, 0) is 58.0 Å². The van der Waals surface area contributed by atoms with E-state index < -0.39 is 7.12 Å². The molecule has 10 heteroatoms. The van der Waals surface area contributed by atoms with Gasteiger partial charge < -0.3 is 10.0 Å². The molecule has 0 bridgehead atoms. The highest BCUT2D eigenvalue weighted by Gasteiger charge is 2.12. The first-order valence-electron chi connectivity index (χ1n) is 21.0. The maximum Gasteiger partial charge on any atom is 0.488 e. The first-order chi connectivity index (χ1) is 32.3. The summed E-state index contributed by atoms with van der Waals surface area (Å²) < 4.78 is 0. The molecule has 2 heterocycles. The third-order valence-corrected chi connectivity index (χ3v) is 11.1.